The lowest BCUT2D eigenvalue weighted by Gasteiger charge is -2.23. The number of hydrogen-bond acceptors (Lipinski definition) is 7. The summed E-state index contributed by atoms with van der Waals surface area (Å²) >= 11 is 0. The van der Waals surface area contributed by atoms with Crippen LogP contribution in [0.25, 0.3) is 0 Å². The van der Waals surface area contributed by atoms with Crippen molar-refractivity contribution < 1.29 is 28.3 Å². The number of β-amino-alcohol motifs (C(OH)–C–C–N with tert-alkyl or cyclic N) is 1. The van der Waals surface area contributed by atoms with Crippen molar-refractivity contribution in [3.8, 4) is 11.5 Å². The number of rotatable bonds is 3. The Morgan fingerprint density at radius 3 is 2.10 bits per heavy atom. The first kappa shape index (κ1) is 19.7. The summed E-state index contributed by atoms with van der Waals surface area (Å²) in [6.45, 7) is 6.42. The second kappa shape index (κ2) is 7.60. The molecule has 1 rings (SSSR count). The van der Waals surface area contributed by atoms with E-state index >= 15 is 0 Å². The van der Waals surface area contributed by atoms with Crippen molar-refractivity contribution in [1.82, 2.24) is 5.32 Å². The fourth-order valence-corrected chi connectivity index (χ4v) is 1.27. The Morgan fingerprint density at radius 1 is 1.24 bits per heavy atom. The Labute approximate surface area is 125 Å². The van der Waals surface area contributed by atoms with Gasteiger partial charge >= 0.3 is 0 Å². The molecule has 1 unspecified atom stereocenters. The van der Waals surface area contributed by atoms with Crippen molar-refractivity contribution in [2.75, 3.05) is 12.8 Å². The zero-order valence-electron chi connectivity index (χ0n) is 12.5. The van der Waals surface area contributed by atoms with Crippen LogP contribution in [0.4, 0.5) is 0 Å². The topological polar surface area (TPSA) is 130 Å². The van der Waals surface area contributed by atoms with Gasteiger partial charge in [-0.05, 0) is 38.5 Å². The molecule has 0 saturated heterocycles. The summed E-state index contributed by atoms with van der Waals surface area (Å²) in [6, 6.07) is 4.32. The monoisotopic (exact) mass is 320 g/mol. The van der Waals surface area contributed by atoms with E-state index in [-0.39, 0.29) is 17.0 Å². The standard InChI is InChI=1S/C12H19NO3.CH4O3S/c1-12(2,3)13-7-11(16)8-4-5-9(14)10(15)6-8;1-5(2,3)4/h4-6,11,13-16H,7H2,1-3H3;1H3,(H,2,3,4)/p-1. The molecule has 0 heterocycles. The van der Waals surface area contributed by atoms with Crippen molar-refractivity contribution in [3.05, 3.63) is 23.8 Å². The van der Waals surface area contributed by atoms with E-state index in [1.54, 1.807) is 6.07 Å². The Balaban J connectivity index is 0.000000690. The summed E-state index contributed by atoms with van der Waals surface area (Å²) in [6.07, 6.45) is -0.0989. The van der Waals surface area contributed by atoms with Gasteiger partial charge in [-0.2, -0.15) is 0 Å². The van der Waals surface area contributed by atoms with Crippen molar-refractivity contribution in [2.45, 2.75) is 32.4 Å². The smallest absolute Gasteiger partial charge is 0.157 e. The number of benzene rings is 1. The van der Waals surface area contributed by atoms with Crippen LogP contribution in [0.1, 0.15) is 32.4 Å². The van der Waals surface area contributed by atoms with Gasteiger partial charge in [-0.15, -0.1) is 0 Å². The summed E-state index contributed by atoms with van der Waals surface area (Å²) in [5.74, 6) is -0.396. The molecule has 0 aliphatic heterocycles. The molecule has 0 saturated carbocycles. The van der Waals surface area contributed by atoms with E-state index < -0.39 is 16.2 Å². The molecule has 0 spiro atoms. The first-order valence-electron chi connectivity index (χ1n) is 6.15. The van der Waals surface area contributed by atoms with Crippen LogP contribution >= 0.6 is 0 Å². The van der Waals surface area contributed by atoms with Gasteiger partial charge in [-0.25, -0.2) is 8.42 Å². The van der Waals surface area contributed by atoms with Crippen molar-refractivity contribution >= 4 is 10.1 Å². The molecule has 122 valence electrons. The van der Waals surface area contributed by atoms with Crippen LogP contribution in [-0.4, -0.2) is 46.6 Å². The van der Waals surface area contributed by atoms with E-state index in [1.165, 1.54) is 12.1 Å². The fourth-order valence-electron chi connectivity index (χ4n) is 1.27. The third-order valence-electron chi connectivity index (χ3n) is 2.21. The van der Waals surface area contributed by atoms with E-state index in [0.29, 0.717) is 18.4 Å². The zero-order chi connectivity index (χ0) is 16.8. The Hall–Kier alpha value is -1.35. The van der Waals surface area contributed by atoms with E-state index in [1.807, 2.05) is 20.8 Å². The zero-order valence-corrected chi connectivity index (χ0v) is 13.3. The van der Waals surface area contributed by atoms with Gasteiger partial charge < -0.3 is 25.2 Å². The number of phenolic OH excluding ortho intramolecular Hbond substituents is 2. The van der Waals surface area contributed by atoms with Crippen LogP contribution < -0.4 is 5.32 Å². The molecule has 8 heteroatoms. The highest BCUT2D eigenvalue weighted by molar-refractivity contribution is 7.84. The van der Waals surface area contributed by atoms with Crippen LogP contribution in [0.15, 0.2) is 18.2 Å². The van der Waals surface area contributed by atoms with E-state index in [2.05, 4.69) is 5.32 Å². The van der Waals surface area contributed by atoms with Crippen LogP contribution in [0, 0.1) is 0 Å². The molecule has 0 aliphatic rings. The second-order valence-electron chi connectivity index (χ2n) is 5.60. The normalized spacial score (nSPS) is 13.2. The number of aliphatic hydroxyl groups is 1. The van der Waals surface area contributed by atoms with Crippen LogP contribution in [0.2, 0.25) is 0 Å². The van der Waals surface area contributed by atoms with Gasteiger partial charge in [0.2, 0.25) is 0 Å². The lowest BCUT2D eigenvalue weighted by Crippen LogP contribution is -2.38. The first-order valence-corrected chi connectivity index (χ1v) is 7.97. The van der Waals surface area contributed by atoms with Gasteiger partial charge in [-0.1, -0.05) is 6.07 Å². The van der Waals surface area contributed by atoms with Gasteiger partial charge in [0.1, 0.15) is 0 Å². The second-order valence-corrected chi connectivity index (χ2v) is 7.01. The highest BCUT2D eigenvalue weighted by atomic mass is 32.2. The van der Waals surface area contributed by atoms with Crippen molar-refractivity contribution in [3.63, 3.8) is 0 Å². The summed E-state index contributed by atoms with van der Waals surface area (Å²) in [7, 11) is -3.92. The molecule has 0 aliphatic carbocycles. The molecule has 0 fully saturated rings. The van der Waals surface area contributed by atoms with E-state index in [4.69, 9.17) is 18.1 Å². The van der Waals surface area contributed by atoms with Gasteiger partial charge in [0.25, 0.3) is 0 Å². The Bertz CT molecular complexity index is 542. The van der Waals surface area contributed by atoms with E-state index in [9.17, 15) is 10.2 Å². The number of aromatic hydroxyl groups is 2. The molecular weight excluding hydrogens is 298 g/mol. The molecule has 0 bridgehead atoms. The number of hydrogen-bond donors (Lipinski definition) is 4. The molecule has 21 heavy (non-hydrogen) atoms. The Kier molecular flexibility index (Phi) is 7.11. The average molecular weight is 320 g/mol. The predicted molar refractivity (Wildman–Crippen MR) is 78.1 cm³/mol. The van der Waals surface area contributed by atoms with Crippen molar-refractivity contribution in [2.24, 2.45) is 0 Å². The minimum absolute atomic E-state index is 0.0695. The number of phenols is 2. The maximum atomic E-state index is 9.84. The highest BCUT2D eigenvalue weighted by Gasteiger charge is 2.14. The quantitative estimate of drug-likeness (QED) is 0.476. The molecule has 1 atom stereocenters. The third kappa shape index (κ3) is 11.0. The lowest BCUT2D eigenvalue weighted by atomic mass is 10.1. The summed E-state index contributed by atoms with van der Waals surface area (Å²) in [5, 5.41) is 31.4. The number of nitrogens with one attached hydrogen (secondary N) is 1. The summed E-state index contributed by atoms with van der Waals surface area (Å²) in [5.41, 5.74) is 0.506. The molecule has 0 amide bonds. The van der Waals surface area contributed by atoms with Crippen molar-refractivity contribution in [1.29, 1.82) is 0 Å². The van der Waals surface area contributed by atoms with Gasteiger partial charge in [-0.3, -0.25) is 0 Å². The molecule has 1 aromatic carbocycles. The Morgan fingerprint density at radius 2 is 1.71 bits per heavy atom. The predicted octanol–water partition coefficient (Wildman–Crippen LogP) is 0.681. The number of aliphatic hydroxyl groups excluding tert-OH is 1. The average Bonchev–Trinajstić information content (AvgIpc) is 2.26. The van der Waals surface area contributed by atoms with Crippen LogP contribution in [-0.2, 0) is 10.1 Å². The largest absolute Gasteiger partial charge is 0.748 e. The lowest BCUT2D eigenvalue weighted by molar-refractivity contribution is 0.163. The maximum Gasteiger partial charge on any atom is 0.157 e. The molecule has 4 N–H and O–H groups in total. The van der Waals surface area contributed by atoms with Gasteiger partial charge in [0.15, 0.2) is 11.5 Å². The van der Waals surface area contributed by atoms with E-state index in [0.717, 1.165) is 0 Å². The minimum Gasteiger partial charge on any atom is -0.748 e. The molecule has 0 aromatic heterocycles. The molecule has 7 nitrogen and oxygen atoms in total. The minimum atomic E-state index is -3.92. The summed E-state index contributed by atoms with van der Waals surface area (Å²) in [4.78, 5) is 0. The van der Waals surface area contributed by atoms with Crippen LogP contribution in [0.5, 0.6) is 11.5 Å². The first-order chi connectivity index (χ1) is 9.29. The van der Waals surface area contributed by atoms with Gasteiger partial charge in [0.05, 0.1) is 16.2 Å². The van der Waals surface area contributed by atoms with Crippen LogP contribution in [0.3, 0.4) is 0 Å². The maximum absolute atomic E-state index is 9.84. The molecule has 1 aromatic rings. The highest BCUT2D eigenvalue weighted by Crippen LogP contribution is 2.27. The van der Waals surface area contributed by atoms with Gasteiger partial charge in [0, 0.05) is 18.3 Å². The summed E-state index contributed by atoms with van der Waals surface area (Å²) < 4.78 is 27.2. The molecular formula is C13H22NO6S-. The SMILES string of the molecule is CC(C)(C)NCC(O)c1ccc(O)c(O)c1.CS(=O)(=O)[O-]. The fraction of sp³-hybridized carbons (Fsp3) is 0.538. The third-order valence-corrected chi connectivity index (χ3v) is 2.21. The molecule has 0 radical (unpaired) electrons.